The van der Waals surface area contributed by atoms with E-state index >= 15 is 0 Å². The Morgan fingerprint density at radius 1 is 1.15 bits per heavy atom. The van der Waals surface area contributed by atoms with E-state index in [0.29, 0.717) is 38.7 Å². The Hall–Kier alpha value is -1.87. The fraction of sp³-hybridized carbons (Fsp3) is 0.667. The van der Waals surface area contributed by atoms with E-state index in [4.69, 9.17) is 0 Å². The van der Waals surface area contributed by atoms with Crippen LogP contribution in [0.2, 0.25) is 0 Å². The Bertz CT molecular complexity index is 672. The Morgan fingerprint density at radius 2 is 1.89 bits per heavy atom. The molecule has 2 heterocycles. The summed E-state index contributed by atoms with van der Waals surface area (Å²) in [6.07, 6.45) is 5.17. The number of guanidine groups is 1. The molecule has 1 saturated heterocycles. The van der Waals surface area contributed by atoms with Crippen molar-refractivity contribution in [2.45, 2.75) is 26.2 Å². The Labute approximate surface area is 163 Å². The van der Waals surface area contributed by atoms with Crippen LogP contribution in [0.5, 0.6) is 0 Å². The number of nitrogens with zero attached hydrogens (tertiary/aromatic N) is 4. The van der Waals surface area contributed by atoms with Gasteiger partial charge >= 0.3 is 0 Å². The third kappa shape index (κ3) is 6.99. The van der Waals surface area contributed by atoms with Gasteiger partial charge in [-0.25, -0.2) is 13.4 Å². The van der Waals surface area contributed by atoms with E-state index in [0.717, 1.165) is 18.8 Å². The van der Waals surface area contributed by atoms with Crippen molar-refractivity contribution in [3.63, 3.8) is 0 Å². The second-order valence-corrected chi connectivity index (χ2v) is 8.61. The third-order valence-corrected chi connectivity index (χ3v) is 6.43. The van der Waals surface area contributed by atoms with Crippen LogP contribution in [0.4, 0.5) is 5.82 Å². The van der Waals surface area contributed by atoms with E-state index in [1.54, 1.807) is 17.5 Å². The number of piperazine rings is 1. The largest absolute Gasteiger partial charge is 0.356 e. The lowest BCUT2D eigenvalue weighted by Crippen LogP contribution is -2.50. The molecular weight excluding hydrogens is 364 g/mol. The van der Waals surface area contributed by atoms with Crippen LogP contribution in [0.25, 0.3) is 0 Å². The molecule has 1 fully saturated rings. The zero-order valence-corrected chi connectivity index (χ0v) is 17.2. The molecule has 0 aromatic carbocycles. The lowest BCUT2D eigenvalue weighted by Gasteiger charge is -2.34. The standard InChI is InChI=1S/C18H32N6O2S/c1-3-4-6-10-21-18(19-2)22-11-16-27(25,26)24-14-12-23(13-15-24)17-8-5-7-9-20-17/h5,7-9H,3-4,6,10-16H2,1-2H3,(H2,19,21,22). The molecule has 1 aromatic heterocycles. The van der Waals surface area contributed by atoms with Gasteiger partial charge in [-0.1, -0.05) is 25.8 Å². The molecule has 1 aliphatic heterocycles. The summed E-state index contributed by atoms with van der Waals surface area (Å²) in [5.74, 6) is 1.61. The molecule has 2 N–H and O–H groups in total. The summed E-state index contributed by atoms with van der Waals surface area (Å²) in [5.41, 5.74) is 0. The highest BCUT2D eigenvalue weighted by atomic mass is 32.2. The maximum atomic E-state index is 12.6. The van der Waals surface area contributed by atoms with Crippen molar-refractivity contribution in [3.05, 3.63) is 24.4 Å². The van der Waals surface area contributed by atoms with Gasteiger partial charge in [0.05, 0.1) is 5.75 Å². The van der Waals surface area contributed by atoms with Gasteiger partial charge in [-0.2, -0.15) is 4.31 Å². The summed E-state index contributed by atoms with van der Waals surface area (Å²) in [6.45, 7) is 5.64. The van der Waals surface area contributed by atoms with E-state index in [1.165, 1.54) is 12.8 Å². The van der Waals surface area contributed by atoms with Crippen LogP contribution in [-0.4, -0.2) is 75.7 Å². The van der Waals surface area contributed by atoms with Crippen LogP contribution in [0, 0.1) is 0 Å². The molecule has 1 aromatic rings. The van der Waals surface area contributed by atoms with Crippen LogP contribution in [0.15, 0.2) is 29.4 Å². The maximum absolute atomic E-state index is 12.6. The Morgan fingerprint density at radius 3 is 2.52 bits per heavy atom. The van der Waals surface area contributed by atoms with Gasteiger partial charge in [0.15, 0.2) is 5.96 Å². The summed E-state index contributed by atoms with van der Waals surface area (Å²) < 4.78 is 26.8. The van der Waals surface area contributed by atoms with Gasteiger partial charge in [-0.15, -0.1) is 0 Å². The molecular formula is C18H32N6O2S. The molecule has 9 heteroatoms. The topological polar surface area (TPSA) is 89.9 Å². The summed E-state index contributed by atoms with van der Waals surface area (Å²) in [4.78, 5) is 10.6. The number of aromatic nitrogens is 1. The molecule has 0 radical (unpaired) electrons. The first-order valence-electron chi connectivity index (χ1n) is 9.65. The number of rotatable bonds is 9. The monoisotopic (exact) mass is 396 g/mol. The van der Waals surface area contributed by atoms with Crippen molar-refractivity contribution in [1.82, 2.24) is 19.9 Å². The molecule has 0 spiro atoms. The molecule has 0 unspecified atom stereocenters. The van der Waals surface area contributed by atoms with Crippen LogP contribution in [0.1, 0.15) is 26.2 Å². The number of unbranched alkanes of at least 4 members (excludes halogenated alkanes) is 2. The average molecular weight is 397 g/mol. The van der Waals surface area contributed by atoms with E-state index in [9.17, 15) is 8.42 Å². The highest BCUT2D eigenvalue weighted by Gasteiger charge is 2.27. The van der Waals surface area contributed by atoms with Crippen molar-refractivity contribution in [2.75, 3.05) is 57.0 Å². The highest BCUT2D eigenvalue weighted by Crippen LogP contribution is 2.14. The smallest absolute Gasteiger partial charge is 0.215 e. The number of pyridine rings is 1. The maximum Gasteiger partial charge on any atom is 0.215 e. The minimum atomic E-state index is -3.28. The fourth-order valence-electron chi connectivity index (χ4n) is 2.97. The molecule has 0 saturated carbocycles. The molecule has 152 valence electrons. The molecule has 2 rings (SSSR count). The first kappa shape index (κ1) is 21.4. The number of nitrogens with one attached hydrogen (secondary N) is 2. The zero-order chi connectivity index (χ0) is 19.5. The number of hydrogen-bond acceptors (Lipinski definition) is 5. The zero-order valence-electron chi connectivity index (χ0n) is 16.4. The molecule has 27 heavy (non-hydrogen) atoms. The van der Waals surface area contributed by atoms with Gasteiger partial charge in [0.1, 0.15) is 5.82 Å². The fourth-order valence-corrected chi connectivity index (χ4v) is 4.30. The van der Waals surface area contributed by atoms with Crippen molar-refractivity contribution in [3.8, 4) is 0 Å². The van der Waals surface area contributed by atoms with E-state index in [1.807, 2.05) is 18.2 Å². The molecule has 1 aliphatic rings. The second kappa shape index (κ2) is 11.1. The minimum absolute atomic E-state index is 0.0618. The Balaban J connectivity index is 1.73. The minimum Gasteiger partial charge on any atom is -0.356 e. The lowest BCUT2D eigenvalue weighted by atomic mass is 10.2. The van der Waals surface area contributed by atoms with Gasteiger partial charge in [-0.3, -0.25) is 4.99 Å². The van der Waals surface area contributed by atoms with Crippen LogP contribution in [0.3, 0.4) is 0 Å². The van der Waals surface area contributed by atoms with Crippen molar-refractivity contribution < 1.29 is 8.42 Å². The average Bonchev–Trinajstić information content (AvgIpc) is 2.70. The third-order valence-electron chi connectivity index (χ3n) is 4.55. The molecule has 8 nitrogen and oxygen atoms in total. The SMILES string of the molecule is CCCCCNC(=NC)NCCS(=O)(=O)N1CCN(c2ccccn2)CC1. The molecule has 0 atom stereocenters. The number of anilines is 1. The van der Waals surface area contributed by atoms with Gasteiger partial charge in [0.2, 0.25) is 10.0 Å². The summed E-state index contributed by atoms with van der Waals surface area (Å²) in [7, 11) is -1.59. The predicted octanol–water partition coefficient (Wildman–Crippen LogP) is 0.889. The van der Waals surface area contributed by atoms with E-state index in [2.05, 4.69) is 32.4 Å². The Kier molecular flexibility index (Phi) is 8.80. The first-order chi connectivity index (χ1) is 13.1. The highest BCUT2D eigenvalue weighted by molar-refractivity contribution is 7.89. The van der Waals surface area contributed by atoms with Gasteiger partial charge in [0.25, 0.3) is 0 Å². The number of aliphatic imine (C=N–C) groups is 1. The van der Waals surface area contributed by atoms with Crippen molar-refractivity contribution in [2.24, 2.45) is 4.99 Å². The second-order valence-electron chi connectivity index (χ2n) is 6.52. The quantitative estimate of drug-likeness (QED) is 0.366. The predicted molar refractivity (Wildman–Crippen MR) is 111 cm³/mol. The summed E-state index contributed by atoms with van der Waals surface area (Å²) in [6, 6.07) is 5.78. The number of sulfonamides is 1. The van der Waals surface area contributed by atoms with E-state index in [-0.39, 0.29) is 5.75 Å². The van der Waals surface area contributed by atoms with Gasteiger partial charge < -0.3 is 15.5 Å². The molecule has 0 amide bonds. The molecule has 0 aliphatic carbocycles. The van der Waals surface area contributed by atoms with Crippen LogP contribution >= 0.6 is 0 Å². The van der Waals surface area contributed by atoms with Gasteiger partial charge in [0, 0.05) is 52.5 Å². The van der Waals surface area contributed by atoms with Crippen LogP contribution in [-0.2, 0) is 10.0 Å². The van der Waals surface area contributed by atoms with Crippen LogP contribution < -0.4 is 15.5 Å². The van der Waals surface area contributed by atoms with Crippen molar-refractivity contribution in [1.29, 1.82) is 0 Å². The van der Waals surface area contributed by atoms with Crippen molar-refractivity contribution >= 4 is 21.8 Å². The normalized spacial score (nSPS) is 16.4. The van der Waals surface area contributed by atoms with E-state index < -0.39 is 10.0 Å². The number of hydrogen-bond donors (Lipinski definition) is 2. The molecule has 0 bridgehead atoms. The van der Waals surface area contributed by atoms with Gasteiger partial charge in [-0.05, 0) is 18.6 Å². The lowest BCUT2D eigenvalue weighted by molar-refractivity contribution is 0.384. The summed E-state index contributed by atoms with van der Waals surface area (Å²) in [5, 5.41) is 6.30. The summed E-state index contributed by atoms with van der Waals surface area (Å²) >= 11 is 0. The first-order valence-corrected chi connectivity index (χ1v) is 11.3.